The van der Waals surface area contributed by atoms with E-state index in [0.29, 0.717) is 18.1 Å². The van der Waals surface area contributed by atoms with E-state index in [9.17, 15) is 9.90 Å². The minimum atomic E-state index is -0.794. The number of anilines is 1. The van der Waals surface area contributed by atoms with Crippen molar-refractivity contribution >= 4 is 29.2 Å². The Bertz CT molecular complexity index is 585. The molecule has 0 aromatic carbocycles. The molecule has 3 rings (SSSR count). The monoisotopic (exact) mass is 264 g/mol. The number of aromatic nitrogens is 3. The molecule has 1 N–H and O–H groups in total. The molecule has 0 bridgehead atoms. The van der Waals surface area contributed by atoms with E-state index in [1.165, 1.54) is 0 Å². The van der Waals surface area contributed by atoms with Gasteiger partial charge >= 0.3 is 5.97 Å². The van der Waals surface area contributed by atoms with E-state index in [2.05, 4.69) is 10.1 Å². The summed E-state index contributed by atoms with van der Waals surface area (Å²) < 4.78 is 1.66. The minimum absolute atomic E-state index is 0.498. The molecular formula is C11H12N4O2S. The van der Waals surface area contributed by atoms with Crippen molar-refractivity contribution in [3.63, 3.8) is 0 Å². The summed E-state index contributed by atoms with van der Waals surface area (Å²) in [7, 11) is 0. The molecule has 1 unspecified atom stereocenters. The Morgan fingerprint density at radius 1 is 1.50 bits per heavy atom. The van der Waals surface area contributed by atoms with Crippen LogP contribution in [0.3, 0.4) is 0 Å². The van der Waals surface area contributed by atoms with E-state index in [0.717, 1.165) is 11.4 Å². The number of hydrogen-bond donors (Lipinski definition) is 1. The number of carboxylic acids is 1. The molecule has 0 radical (unpaired) electrons. The zero-order chi connectivity index (χ0) is 12.5. The average molecular weight is 264 g/mol. The lowest BCUT2D eigenvalue weighted by atomic mass is 10.2. The molecule has 0 aliphatic carbocycles. The van der Waals surface area contributed by atoms with Crippen molar-refractivity contribution in [2.75, 3.05) is 23.0 Å². The first-order chi connectivity index (χ1) is 8.75. The van der Waals surface area contributed by atoms with Crippen molar-refractivity contribution in [1.82, 2.24) is 14.6 Å². The van der Waals surface area contributed by atoms with Gasteiger partial charge in [0.2, 0.25) is 0 Å². The first-order valence-corrected chi connectivity index (χ1v) is 6.79. The van der Waals surface area contributed by atoms with Gasteiger partial charge in [-0.3, -0.25) is 0 Å². The Labute approximate surface area is 108 Å². The van der Waals surface area contributed by atoms with Crippen LogP contribution >= 0.6 is 11.8 Å². The van der Waals surface area contributed by atoms with E-state index < -0.39 is 12.0 Å². The molecule has 2 aromatic heterocycles. The molecule has 1 atom stereocenters. The average Bonchev–Trinajstić information content (AvgIpc) is 2.85. The number of carboxylic acid groups (broad SMARTS) is 1. The Morgan fingerprint density at radius 3 is 3.22 bits per heavy atom. The lowest BCUT2D eigenvalue weighted by Gasteiger charge is -2.33. The molecule has 0 spiro atoms. The number of hydrogen-bond acceptors (Lipinski definition) is 5. The van der Waals surface area contributed by atoms with Crippen molar-refractivity contribution in [2.45, 2.75) is 6.04 Å². The summed E-state index contributed by atoms with van der Waals surface area (Å²) in [6.45, 7) is 0.707. The molecule has 18 heavy (non-hydrogen) atoms. The van der Waals surface area contributed by atoms with Crippen LogP contribution in [-0.2, 0) is 4.79 Å². The highest BCUT2D eigenvalue weighted by Gasteiger charge is 2.29. The first-order valence-electron chi connectivity index (χ1n) is 5.63. The number of nitrogens with zero attached hydrogens (tertiary/aromatic N) is 4. The molecule has 1 saturated heterocycles. The predicted octanol–water partition coefficient (Wildman–Crippen LogP) is 0.736. The smallest absolute Gasteiger partial charge is 0.327 e. The lowest BCUT2D eigenvalue weighted by molar-refractivity contribution is -0.138. The largest absolute Gasteiger partial charge is 0.480 e. The summed E-state index contributed by atoms with van der Waals surface area (Å²) in [6, 6.07) is 3.12. The van der Waals surface area contributed by atoms with Gasteiger partial charge in [-0.05, 0) is 6.07 Å². The van der Waals surface area contributed by atoms with Gasteiger partial charge in [-0.25, -0.2) is 14.3 Å². The Balaban J connectivity index is 1.97. The summed E-state index contributed by atoms with van der Waals surface area (Å²) >= 11 is 1.67. The van der Waals surface area contributed by atoms with Crippen LogP contribution < -0.4 is 4.90 Å². The maximum Gasteiger partial charge on any atom is 0.327 e. The highest BCUT2D eigenvalue weighted by molar-refractivity contribution is 7.99. The highest BCUT2D eigenvalue weighted by atomic mass is 32.2. The van der Waals surface area contributed by atoms with E-state index in [4.69, 9.17) is 0 Å². The predicted molar refractivity (Wildman–Crippen MR) is 69.1 cm³/mol. The van der Waals surface area contributed by atoms with Gasteiger partial charge in [0, 0.05) is 30.3 Å². The maximum atomic E-state index is 11.3. The second-order valence-electron chi connectivity index (χ2n) is 4.04. The van der Waals surface area contributed by atoms with Crippen LogP contribution in [0.1, 0.15) is 0 Å². The molecular weight excluding hydrogens is 252 g/mol. The van der Waals surface area contributed by atoms with Gasteiger partial charge in [0.05, 0.1) is 6.20 Å². The zero-order valence-corrected chi connectivity index (χ0v) is 10.4. The third-order valence-corrected chi connectivity index (χ3v) is 3.97. The molecule has 3 heterocycles. The molecule has 1 fully saturated rings. The summed E-state index contributed by atoms with van der Waals surface area (Å²) in [6.07, 6.45) is 3.48. The summed E-state index contributed by atoms with van der Waals surface area (Å²) in [4.78, 5) is 17.5. The van der Waals surface area contributed by atoms with Crippen LogP contribution in [0, 0.1) is 0 Å². The summed E-state index contributed by atoms with van der Waals surface area (Å²) in [5.74, 6) is 1.44. The van der Waals surface area contributed by atoms with Crippen molar-refractivity contribution in [2.24, 2.45) is 0 Å². The lowest BCUT2D eigenvalue weighted by Crippen LogP contribution is -2.47. The van der Waals surface area contributed by atoms with Gasteiger partial charge in [-0.15, -0.1) is 0 Å². The quantitative estimate of drug-likeness (QED) is 0.862. The van der Waals surface area contributed by atoms with Crippen LogP contribution in [0.4, 0.5) is 5.82 Å². The van der Waals surface area contributed by atoms with Crippen molar-refractivity contribution in [1.29, 1.82) is 0 Å². The molecule has 0 saturated carbocycles. The van der Waals surface area contributed by atoms with E-state index >= 15 is 0 Å². The van der Waals surface area contributed by atoms with Crippen LogP contribution in [0.25, 0.3) is 5.65 Å². The van der Waals surface area contributed by atoms with E-state index in [1.54, 1.807) is 34.7 Å². The zero-order valence-electron chi connectivity index (χ0n) is 9.56. The van der Waals surface area contributed by atoms with Gasteiger partial charge in [-0.1, -0.05) is 0 Å². The van der Waals surface area contributed by atoms with E-state index in [-0.39, 0.29) is 0 Å². The number of fused-ring (bicyclic) bond motifs is 1. The van der Waals surface area contributed by atoms with Gasteiger partial charge in [0.1, 0.15) is 11.9 Å². The van der Waals surface area contributed by atoms with Crippen molar-refractivity contribution in [3.8, 4) is 0 Å². The standard InChI is InChI=1S/C11H12N4O2S/c16-11(17)8-7-18-6-5-14(8)9-2-4-15-10(13-9)1-3-12-15/h1-4,8H,5-7H2,(H,16,17). The Kier molecular flexibility index (Phi) is 2.83. The summed E-state index contributed by atoms with van der Waals surface area (Å²) in [5.41, 5.74) is 0.731. The molecule has 6 nitrogen and oxygen atoms in total. The number of thioether (sulfide) groups is 1. The third kappa shape index (κ3) is 1.90. The number of rotatable bonds is 2. The van der Waals surface area contributed by atoms with Crippen molar-refractivity contribution < 1.29 is 9.90 Å². The Morgan fingerprint density at radius 2 is 2.39 bits per heavy atom. The first kappa shape index (κ1) is 11.3. The molecule has 7 heteroatoms. The fourth-order valence-corrected chi connectivity index (χ4v) is 3.08. The Hall–Kier alpha value is -1.76. The number of carbonyl (C=O) groups is 1. The topological polar surface area (TPSA) is 70.7 Å². The molecule has 94 valence electrons. The highest BCUT2D eigenvalue weighted by Crippen LogP contribution is 2.22. The third-order valence-electron chi connectivity index (χ3n) is 2.95. The van der Waals surface area contributed by atoms with Crippen molar-refractivity contribution in [3.05, 3.63) is 24.5 Å². The van der Waals surface area contributed by atoms with Gasteiger partial charge in [0.25, 0.3) is 0 Å². The molecule has 1 aliphatic heterocycles. The second kappa shape index (κ2) is 4.49. The normalized spacial score (nSPS) is 20.2. The second-order valence-corrected chi connectivity index (χ2v) is 5.19. The molecule has 2 aromatic rings. The van der Waals surface area contributed by atoms with Crippen LogP contribution in [0.5, 0.6) is 0 Å². The fourth-order valence-electron chi connectivity index (χ4n) is 2.05. The maximum absolute atomic E-state index is 11.3. The van der Waals surface area contributed by atoms with Crippen LogP contribution in [0.15, 0.2) is 24.5 Å². The SMILES string of the molecule is O=C(O)C1CSCCN1c1ccn2nccc2n1. The van der Waals surface area contributed by atoms with Crippen LogP contribution in [0.2, 0.25) is 0 Å². The molecule has 0 amide bonds. The van der Waals surface area contributed by atoms with Gasteiger partial charge in [0.15, 0.2) is 5.65 Å². The fraction of sp³-hybridized carbons (Fsp3) is 0.364. The van der Waals surface area contributed by atoms with Gasteiger partial charge < -0.3 is 10.0 Å². The van der Waals surface area contributed by atoms with Crippen LogP contribution in [-0.4, -0.2) is 49.8 Å². The minimum Gasteiger partial charge on any atom is -0.480 e. The number of aliphatic carboxylic acids is 1. The molecule has 1 aliphatic rings. The van der Waals surface area contributed by atoms with E-state index in [1.807, 2.05) is 11.0 Å². The summed E-state index contributed by atoms with van der Waals surface area (Å²) in [5, 5.41) is 13.3. The van der Waals surface area contributed by atoms with Gasteiger partial charge in [-0.2, -0.15) is 16.9 Å².